The van der Waals surface area contributed by atoms with Crippen LogP contribution >= 0.6 is 22.9 Å². The zero-order valence-electron chi connectivity index (χ0n) is 13.9. The number of methoxy groups -OCH3 is 1. The summed E-state index contributed by atoms with van der Waals surface area (Å²) in [5, 5.41) is 0. The topological polar surface area (TPSA) is 58.6 Å². The third kappa shape index (κ3) is 4.54. The third-order valence-electron chi connectivity index (χ3n) is 4.36. The van der Waals surface area contributed by atoms with Crippen molar-refractivity contribution < 1.29 is 13.2 Å². The second-order valence-corrected chi connectivity index (χ2v) is 9.65. The van der Waals surface area contributed by atoms with Gasteiger partial charge in [0.05, 0.1) is 11.4 Å². The van der Waals surface area contributed by atoms with Crippen LogP contribution in [0.3, 0.4) is 0 Å². The van der Waals surface area contributed by atoms with Gasteiger partial charge in [0.2, 0.25) is 10.0 Å². The van der Waals surface area contributed by atoms with Crippen molar-refractivity contribution in [3.63, 3.8) is 0 Å². The summed E-state index contributed by atoms with van der Waals surface area (Å²) in [6.07, 6.45) is 2.28. The van der Waals surface area contributed by atoms with Crippen molar-refractivity contribution in [2.45, 2.75) is 23.1 Å². The molecule has 0 saturated carbocycles. The predicted octanol–water partition coefficient (Wildman–Crippen LogP) is 3.53. The van der Waals surface area contributed by atoms with Gasteiger partial charge in [-0.05, 0) is 55.8 Å². The van der Waals surface area contributed by atoms with Gasteiger partial charge in [-0.3, -0.25) is 4.90 Å². The molecule has 2 heterocycles. The Morgan fingerprint density at radius 3 is 2.44 bits per heavy atom. The van der Waals surface area contributed by atoms with Gasteiger partial charge in [-0.15, -0.1) is 11.3 Å². The summed E-state index contributed by atoms with van der Waals surface area (Å²) in [7, 11) is -1.92. The highest BCUT2D eigenvalue weighted by atomic mass is 35.5. The van der Waals surface area contributed by atoms with E-state index < -0.39 is 10.0 Å². The van der Waals surface area contributed by atoms with Crippen molar-refractivity contribution >= 4 is 33.0 Å². The molecule has 1 aliphatic heterocycles. The summed E-state index contributed by atoms with van der Waals surface area (Å²) in [5.41, 5.74) is 1.08. The third-order valence-corrected chi connectivity index (χ3v) is 7.51. The van der Waals surface area contributed by atoms with Crippen LogP contribution in [-0.4, -0.2) is 40.1 Å². The Morgan fingerprint density at radius 2 is 1.88 bits per heavy atom. The Morgan fingerprint density at radius 1 is 1.20 bits per heavy atom. The van der Waals surface area contributed by atoms with E-state index in [2.05, 4.69) is 9.62 Å². The van der Waals surface area contributed by atoms with Crippen molar-refractivity contribution in [1.29, 1.82) is 0 Å². The maximum absolute atomic E-state index is 12.5. The van der Waals surface area contributed by atoms with Gasteiger partial charge >= 0.3 is 0 Å². The van der Waals surface area contributed by atoms with Crippen LogP contribution in [0.2, 0.25) is 4.34 Å². The van der Waals surface area contributed by atoms with E-state index in [1.54, 1.807) is 13.2 Å². The van der Waals surface area contributed by atoms with E-state index in [0.717, 1.165) is 48.6 Å². The monoisotopic (exact) mass is 400 g/mol. The number of likely N-dealkylation sites (tertiary alicyclic amines) is 1. The van der Waals surface area contributed by atoms with Gasteiger partial charge in [0, 0.05) is 12.6 Å². The molecule has 1 aromatic carbocycles. The maximum atomic E-state index is 12.5. The molecule has 1 atom stereocenters. The maximum Gasteiger partial charge on any atom is 0.250 e. The molecular formula is C17H21ClN2O3S2. The van der Waals surface area contributed by atoms with Gasteiger partial charge in [0.25, 0.3) is 0 Å². The SMILES string of the molecule is COc1ccc(C(CNS(=O)(=O)c2ccc(Cl)s2)N2CCCC2)cc1. The smallest absolute Gasteiger partial charge is 0.250 e. The van der Waals surface area contributed by atoms with Crippen molar-refractivity contribution in [3.05, 3.63) is 46.3 Å². The first-order valence-corrected chi connectivity index (χ1v) is 10.8. The Hall–Kier alpha value is -1.12. The van der Waals surface area contributed by atoms with Crippen LogP contribution < -0.4 is 9.46 Å². The van der Waals surface area contributed by atoms with Gasteiger partial charge < -0.3 is 4.74 Å². The summed E-state index contributed by atoms with van der Waals surface area (Å²) >= 11 is 6.93. The predicted molar refractivity (Wildman–Crippen MR) is 101 cm³/mol. The molecule has 5 nitrogen and oxygen atoms in total. The number of rotatable bonds is 7. The number of sulfonamides is 1. The first-order valence-electron chi connectivity index (χ1n) is 8.12. The molecule has 0 radical (unpaired) electrons. The van der Waals surface area contributed by atoms with E-state index in [-0.39, 0.29) is 10.3 Å². The number of hydrogen-bond acceptors (Lipinski definition) is 5. The van der Waals surface area contributed by atoms with Crippen LogP contribution in [-0.2, 0) is 10.0 Å². The molecule has 1 N–H and O–H groups in total. The lowest BCUT2D eigenvalue weighted by Crippen LogP contribution is -2.36. The van der Waals surface area contributed by atoms with Crippen molar-refractivity contribution in [2.24, 2.45) is 0 Å². The number of ether oxygens (including phenoxy) is 1. The summed E-state index contributed by atoms with van der Waals surface area (Å²) < 4.78 is 33.7. The molecule has 25 heavy (non-hydrogen) atoms. The standard InChI is InChI=1S/C17H21ClN2O3S2/c1-23-14-6-4-13(5-7-14)15(20-10-2-3-11-20)12-19-25(21,22)17-9-8-16(18)24-17/h4-9,15,19H,2-3,10-12H2,1H3. The Bertz CT molecular complexity index is 800. The number of benzene rings is 1. The first-order chi connectivity index (χ1) is 12.0. The van der Waals surface area contributed by atoms with E-state index in [9.17, 15) is 8.42 Å². The van der Waals surface area contributed by atoms with Crippen LogP contribution in [0.1, 0.15) is 24.4 Å². The largest absolute Gasteiger partial charge is 0.497 e. The lowest BCUT2D eigenvalue weighted by Gasteiger charge is -2.28. The molecule has 2 aromatic rings. The van der Waals surface area contributed by atoms with E-state index >= 15 is 0 Å². The van der Waals surface area contributed by atoms with Crippen molar-refractivity contribution in [2.75, 3.05) is 26.7 Å². The fourth-order valence-corrected chi connectivity index (χ4v) is 5.60. The lowest BCUT2D eigenvalue weighted by molar-refractivity contribution is 0.246. The van der Waals surface area contributed by atoms with Crippen molar-refractivity contribution in [3.8, 4) is 5.75 Å². The summed E-state index contributed by atoms with van der Waals surface area (Å²) in [5.74, 6) is 0.790. The number of nitrogens with zero attached hydrogens (tertiary/aromatic N) is 1. The molecule has 3 rings (SSSR count). The molecule has 136 valence electrons. The highest BCUT2D eigenvalue weighted by molar-refractivity contribution is 7.91. The molecular weight excluding hydrogens is 380 g/mol. The number of nitrogens with one attached hydrogen (secondary N) is 1. The molecule has 1 aromatic heterocycles. The van der Waals surface area contributed by atoms with E-state index in [0.29, 0.717) is 10.9 Å². The van der Waals surface area contributed by atoms with Crippen LogP contribution in [0.5, 0.6) is 5.75 Å². The molecule has 0 bridgehead atoms. The van der Waals surface area contributed by atoms with Gasteiger partial charge in [-0.25, -0.2) is 13.1 Å². The zero-order chi connectivity index (χ0) is 17.9. The van der Waals surface area contributed by atoms with E-state index in [1.807, 2.05) is 24.3 Å². The molecule has 1 unspecified atom stereocenters. The molecule has 0 spiro atoms. The van der Waals surface area contributed by atoms with E-state index in [4.69, 9.17) is 16.3 Å². The normalized spacial score (nSPS) is 16.9. The van der Waals surface area contributed by atoms with Crippen LogP contribution in [0.4, 0.5) is 0 Å². The van der Waals surface area contributed by atoms with E-state index in [1.165, 1.54) is 6.07 Å². The average Bonchev–Trinajstić information content (AvgIpc) is 3.28. The Kier molecular flexibility index (Phi) is 6.01. The van der Waals surface area contributed by atoms with Crippen LogP contribution in [0.15, 0.2) is 40.6 Å². The fourth-order valence-electron chi connectivity index (χ4n) is 3.04. The van der Waals surface area contributed by atoms with Crippen LogP contribution in [0.25, 0.3) is 0 Å². The minimum absolute atomic E-state index is 0.00128. The molecule has 1 fully saturated rings. The molecule has 1 aliphatic rings. The average molecular weight is 401 g/mol. The number of thiophene rings is 1. The second kappa shape index (κ2) is 8.05. The molecule has 8 heteroatoms. The molecule has 1 saturated heterocycles. The van der Waals surface area contributed by atoms with Crippen LogP contribution in [0, 0.1) is 0 Å². The second-order valence-electron chi connectivity index (χ2n) is 5.94. The molecule has 0 amide bonds. The van der Waals surface area contributed by atoms with Gasteiger partial charge in [-0.1, -0.05) is 23.7 Å². The first kappa shape index (κ1) is 18.7. The fraction of sp³-hybridized carbons (Fsp3) is 0.412. The van der Waals surface area contributed by atoms with Gasteiger partial charge in [0.1, 0.15) is 9.96 Å². The summed E-state index contributed by atoms with van der Waals surface area (Å²) in [4.78, 5) is 2.33. The number of hydrogen-bond donors (Lipinski definition) is 1. The zero-order valence-corrected chi connectivity index (χ0v) is 16.3. The Labute approximate surface area is 157 Å². The highest BCUT2D eigenvalue weighted by Crippen LogP contribution is 2.28. The Balaban J connectivity index is 1.77. The highest BCUT2D eigenvalue weighted by Gasteiger charge is 2.26. The lowest BCUT2D eigenvalue weighted by atomic mass is 10.1. The van der Waals surface area contributed by atoms with Gasteiger partial charge in [0.15, 0.2) is 0 Å². The minimum atomic E-state index is -3.55. The quantitative estimate of drug-likeness (QED) is 0.772. The minimum Gasteiger partial charge on any atom is -0.497 e. The van der Waals surface area contributed by atoms with Gasteiger partial charge in [-0.2, -0.15) is 0 Å². The summed E-state index contributed by atoms with van der Waals surface area (Å²) in [6, 6.07) is 10.9. The molecule has 0 aliphatic carbocycles. The summed E-state index contributed by atoms with van der Waals surface area (Å²) in [6.45, 7) is 2.27. The number of halogens is 1. The van der Waals surface area contributed by atoms with Crippen molar-refractivity contribution in [1.82, 2.24) is 9.62 Å².